The minimum atomic E-state index is -0.115. The number of nitrogens with zero attached hydrogens (tertiary/aromatic N) is 2. The normalized spacial score (nSPS) is 14.1. The second-order valence-corrected chi connectivity index (χ2v) is 14.5. The molecule has 8 aromatic carbocycles. The summed E-state index contributed by atoms with van der Waals surface area (Å²) in [4.78, 5) is 2.28. The van der Waals surface area contributed by atoms with E-state index in [1.54, 1.807) is 0 Å². The Morgan fingerprint density at radius 2 is 1.09 bits per heavy atom. The maximum atomic E-state index is 9.32. The van der Waals surface area contributed by atoms with Gasteiger partial charge >= 0.3 is 0 Å². The molecule has 0 radical (unpaired) electrons. The fourth-order valence-electron chi connectivity index (χ4n) is 8.40. The molecule has 0 fully saturated rings. The Morgan fingerprint density at radius 3 is 1.96 bits per heavy atom. The molecule has 252 valence electrons. The van der Waals surface area contributed by atoms with Crippen molar-refractivity contribution in [3.8, 4) is 16.8 Å². The van der Waals surface area contributed by atoms with E-state index in [4.69, 9.17) is 0 Å². The molecule has 1 heterocycles. The summed E-state index contributed by atoms with van der Waals surface area (Å²) in [6.07, 6.45) is 0. The Morgan fingerprint density at radius 1 is 0.472 bits per heavy atom. The van der Waals surface area contributed by atoms with E-state index in [0.29, 0.717) is 11.1 Å². The molecule has 0 bridgehead atoms. The van der Waals surface area contributed by atoms with Crippen LogP contribution < -0.4 is 4.90 Å². The van der Waals surface area contributed by atoms with E-state index in [9.17, 15) is 2.74 Å². The lowest BCUT2D eigenvalue weighted by molar-refractivity contribution is 0.660. The SMILES string of the molecule is [2H]/C(=C(/[2H])c1ccc2c3ccccc3n(-c3cccc4ccccc34)c2c1)c1ccc(N(c2ccccc2)c2ccc3c(c2)C(C)(C)c2ccccc2-3)cc1. The van der Waals surface area contributed by atoms with Crippen molar-refractivity contribution in [2.75, 3.05) is 4.90 Å². The number of benzene rings is 8. The van der Waals surface area contributed by atoms with Crippen LogP contribution in [0, 0.1) is 0 Å². The largest absolute Gasteiger partial charge is 0.310 e. The lowest BCUT2D eigenvalue weighted by atomic mass is 9.82. The molecule has 1 aromatic heterocycles. The van der Waals surface area contributed by atoms with Crippen LogP contribution in [0.4, 0.5) is 17.1 Å². The number of hydrogen-bond donors (Lipinski definition) is 0. The molecule has 0 aliphatic heterocycles. The first-order valence-corrected chi connectivity index (χ1v) is 18.3. The van der Waals surface area contributed by atoms with Crippen molar-refractivity contribution in [1.82, 2.24) is 4.57 Å². The summed E-state index contributed by atoms with van der Waals surface area (Å²) in [5, 5.41) is 4.63. The molecule has 1 aliphatic carbocycles. The van der Waals surface area contributed by atoms with Crippen LogP contribution in [0.3, 0.4) is 0 Å². The molecule has 0 unspecified atom stereocenters. The molecule has 0 amide bonds. The van der Waals surface area contributed by atoms with Gasteiger partial charge in [0.25, 0.3) is 0 Å². The molecular weight excluding hydrogens is 641 g/mol. The minimum absolute atomic E-state index is 0.115. The van der Waals surface area contributed by atoms with Crippen molar-refractivity contribution < 1.29 is 2.74 Å². The molecule has 0 saturated carbocycles. The third-order valence-corrected chi connectivity index (χ3v) is 11.0. The maximum Gasteiger partial charge on any atom is 0.0629 e. The monoisotopic (exact) mass is 680 g/mol. The van der Waals surface area contributed by atoms with Crippen LogP contribution in [0.15, 0.2) is 182 Å². The predicted octanol–water partition coefficient (Wildman–Crippen LogP) is 13.9. The molecule has 53 heavy (non-hydrogen) atoms. The number of para-hydroxylation sites is 2. The summed E-state index contributed by atoms with van der Waals surface area (Å²) in [7, 11) is 0. The molecule has 2 nitrogen and oxygen atoms in total. The number of rotatable bonds is 6. The zero-order valence-corrected chi connectivity index (χ0v) is 29.7. The van der Waals surface area contributed by atoms with Crippen molar-refractivity contribution in [2.45, 2.75) is 19.3 Å². The molecule has 10 rings (SSSR count). The first kappa shape index (κ1) is 29.0. The standard InChI is InChI=1S/C51H38N2/c1-51(2)46-20-10-8-18-42(46)43-32-30-40(34-47(43)51)52(38-15-4-3-5-16-38)39-28-25-35(26-29-39)23-24-36-27-31-45-44-19-9-11-21-49(44)53(50(45)33-36)48-22-12-14-37-13-6-7-17-41(37)48/h3-34H,1-2H3/b24-23+/i23D,24D. The van der Waals surface area contributed by atoms with E-state index < -0.39 is 0 Å². The van der Waals surface area contributed by atoms with Crippen LogP contribution in [0.1, 0.15) is 38.8 Å². The molecular formula is C51H38N2. The first-order chi connectivity index (χ1) is 26.9. The van der Waals surface area contributed by atoms with Crippen molar-refractivity contribution in [3.63, 3.8) is 0 Å². The first-order valence-electron chi connectivity index (χ1n) is 19.3. The highest BCUT2D eigenvalue weighted by molar-refractivity contribution is 6.11. The molecule has 2 heteroatoms. The molecule has 1 aliphatic rings. The van der Waals surface area contributed by atoms with Crippen molar-refractivity contribution in [1.29, 1.82) is 0 Å². The van der Waals surface area contributed by atoms with E-state index in [-0.39, 0.29) is 17.5 Å². The minimum Gasteiger partial charge on any atom is -0.310 e. The Balaban J connectivity index is 1.05. The van der Waals surface area contributed by atoms with Gasteiger partial charge < -0.3 is 9.47 Å². The average molecular weight is 681 g/mol. The van der Waals surface area contributed by atoms with Crippen LogP contribution in [-0.4, -0.2) is 4.57 Å². The van der Waals surface area contributed by atoms with Gasteiger partial charge in [-0.15, -0.1) is 0 Å². The molecule has 0 saturated heterocycles. The summed E-state index contributed by atoms with van der Waals surface area (Å²) in [6, 6.07) is 63.9. The topological polar surface area (TPSA) is 8.17 Å². The lowest BCUT2D eigenvalue weighted by Crippen LogP contribution is -2.16. The fourth-order valence-corrected chi connectivity index (χ4v) is 8.40. The Labute approximate surface area is 313 Å². The van der Waals surface area contributed by atoms with Gasteiger partial charge in [0, 0.05) is 38.6 Å². The summed E-state index contributed by atoms with van der Waals surface area (Å²) < 4.78 is 20.9. The summed E-state index contributed by atoms with van der Waals surface area (Å²) >= 11 is 0. The highest BCUT2D eigenvalue weighted by atomic mass is 15.1. The summed E-state index contributed by atoms with van der Waals surface area (Å²) in [6.45, 7) is 4.62. The van der Waals surface area contributed by atoms with Crippen LogP contribution in [0.2, 0.25) is 0 Å². The highest BCUT2D eigenvalue weighted by Gasteiger charge is 2.35. The number of aromatic nitrogens is 1. The molecule has 0 atom stereocenters. The van der Waals surface area contributed by atoms with Gasteiger partial charge in [-0.1, -0.05) is 153 Å². The molecule has 0 N–H and O–H groups in total. The van der Waals surface area contributed by atoms with Crippen LogP contribution in [0.5, 0.6) is 0 Å². The number of hydrogen-bond acceptors (Lipinski definition) is 1. The quantitative estimate of drug-likeness (QED) is 0.159. The Bertz CT molecular complexity index is 2970. The number of fused-ring (bicyclic) bond motifs is 7. The van der Waals surface area contributed by atoms with Gasteiger partial charge in [-0.05, 0) is 93.4 Å². The second kappa shape index (κ2) is 12.3. The zero-order chi connectivity index (χ0) is 37.3. The smallest absolute Gasteiger partial charge is 0.0629 e. The van der Waals surface area contributed by atoms with Gasteiger partial charge in [0.15, 0.2) is 0 Å². The average Bonchev–Trinajstić information content (AvgIpc) is 3.68. The number of anilines is 3. The van der Waals surface area contributed by atoms with Crippen molar-refractivity contribution >= 4 is 61.7 Å². The van der Waals surface area contributed by atoms with Gasteiger partial charge in [0.1, 0.15) is 0 Å². The van der Waals surface area contributed by atoms with Gasteiger partial charge in [-0.25, -0.2) is 0 Å². The molecule has 9 aromatic rings. The van der Waals surface area contributed by atoms with Crippen LogP contribution >= 0.6 is 0 Å². The maximum absolute atomic E-state index is 9.32. The predicted molar refractivity (Wildman–Crippen MR) is 226 cm³/mol. The fraction of sp³-hybridized carbons (Fsp3) is 0.0588. The van der Waals surface area contributed by atoms with E-state index in [1.807, 2.05) is 24.3 Å². The van der Waals surface area contributed by atoms with E-state index in [0.717, 1.165) is 44.6 Å². The van der Waals surface area contributed by atoms with E-state index in [2.05, 4.69) is 181 Å². The van der Waals surface area contributed by atoms with Crippen LogP contribution in [-0.2, 0) is 5.41 Å². The van der Waals surface area contributed by atoms with Gasteiger partial charge in [-0.3, -0.25) is 0 Å². The van der Waals surface area contributed by atoms with Crippen molar-refractivity contribution in [3.05, 3.63) is 204 Å². The zero-order valence-electron chi connectivity index (χ0n) is 31.7. The van der Waals surface area contributed by atoms with Crippen LogP contribution in [0.25, 0.3) is 61.5 Å². The van der Waals surface area contributed by atoms with Gasteiger partial charge in [-0.2, -0.15) is 0 Å². The summed E-state index contributed by atoms with van der Waals surface area (Å²) in [5.41, 5.74) is 12.9. The summed E-state index contributed by atoms with van der Waals surface area (Å²) in [5.74, 6) is 0. The lowest BCUT2D eigenvalue weighted by Gasteiger charge is -2.28. The third kappa shape index (κ3) is 5.10. The van der Waals surface area contributed by atoms with E-state index in [1.165, 1.54) is 33.0 Å². The Hall–Kier alpha value is -6.64. The highest BCUT2D eigenvalue weighted by Crippen LogP contribution is 2.50. The van der Waals surface area contributed by atoms with Crippen molar-refractivity contribution in [2.24, 2.45) is 0 Å². The van der Waals surface area contributed by atoms with Gasteiger partial charge in [0.2, 0.25) is 0 Å². The molecule has 0 spiro atoms. The van der Waals surface area contributed by atoms with Gasteiger partial charge in [0.05, 0.1) is 19.5 Å². The Kier molecular flexibility index (Phi) is 6.70. The van der Waals surface area contributed by atoms with E-state index >= 15 is 0 Å². The third-order valence-electron chi connectivity index (χ3n) is 11.0. The second-order valence-electron chi connectivity index (χ2n) is 14.5.